The van der Waals surface area contributed by atoms with Gasteiger partial charge in [-0.15, -0.1) is 0 Å². The summed E-state index contributed by atoms with van der Waals surface area (Å²) in [7, 11) is 1.67. The molecule has 1 rings (SSSR count). The van der Waals surface area contributed by atoms with E-state index in [0.29, 0.717) is 13.0 Å². The third-order valence-corrected chi connectivity index (χ3v) is 3.62. The highest BCUT2D eigenvalue weighted by Gasteiger charge is 2.43. The van der Waals surface area contributed by atoms with Gasteiger partial charge in [0, 0.05) is 24.4 Å². The number of Topliss-reactive ketones (excluding diaryl/α,β-unsaturated/α-hetero) is 1. The maximum Gasteiger partial charge on any atom is 0.410 e. The van der Waals surface area contributed by atoms with Crippen LogP contribution >= 0.6 is 0 Å². The van der Waals surface area contributed by atoms with Gasteiger partial charge in [-0.25, -0.2) is 4.79 Å². The summed E-state index contributed by atoms with van der Waals surface area (Å²) in [6.07, 6.45) is 1.87. The van der Waals surface area contributed by atoms with Crippen molar-refractivity contribution in [2.24, 2.45) is 10.8 Å². The van der Waals surface area contributed by atoms with Crippen LogP contribution in [0.2, 0.25) is 0 Å². The van der Waals surface area contributed by atoms with Crippen molar-refractivity contribution in [3.05, 3.63) is 11.6 Å². The minimum atomic E-state index is -0.608. The molecular weight excluding hydrogens is 280 g/mol. The van der Waals surface area contributed by atoms with Crippen LogP contribution in [0.5, 0.6) is 0 Å². The van der Waals surface area contributed by atoms with Crippen LogP contribution in [0, 0.1) is 22.2 Å². The first kappa shape index (κ1) is 18.2. The molecule has 0 fully saturated rings. The summed E-state index contributed by atoms with van der Waals surface area (Å²) in [6, 6.07) is 1.98. The van der Waals surface area contributed by atoms with Gasteiger partial charge in [0.25, 0.3) is 0 Å². The van der Waals surface area contributed by atoms with Crippen molar-refractivity contribution in [1.82, 2.24) is 4.90 Å². The van der Waals surface area contributed by atoms with Crippen LogP contribution in [0.3, 0.4) is 0 Å². The van der Waals surface area contributed by atoms with E-state index in [-0.39, 0.29) is 11.4 Å². The Kier molecular flexibility index (Phi) is 4.76. The number of carbonyl (C=O) groups is 2. The molecule has 0 aromatic rings. The van der Waals surface area contributed by atoms with Crippen molar-refractivity contribution in [1.29, 1.82) is 5.26 Å². The van der Waals surface area contributed by atoms with Crippen LogP contribution in [-0.2, 0) is 9.53 Å². The fraction of sp³-hybridized carbons (Fsp3) is 0.706. The fourth-order valence-corrected chi connectivity index (χ4v) is 3.05. The third-order valence-electron chi connectivity index (χ3n) is 3.62. The van der Waals surface area contributed by atoms with Gasteiger partial charge in [-0.2, -0.15) is 5.26 Å². The average molecular weight is 306 g/mol. The van der Waals surface area contributed by atoms with E-state index in [4.69, 9.17) is 4.74 Å². The molecule has 0 heterocycles. The number of nitriles is 1. The fourth-order valence-electron chi connectivity index (χ4n) is 3.05. The molecular formula is C17H26N2O3. The summed E-state index contributed by atoms with van der Waals surface area (Å²) in [5, 5.41) is 9.18. The lowest BCUT2D eigenvalue weighted by Crippen LogP contribution is -2.45. The molecule has 0 saturated heterocycles. The molecule has 1 atom stereocenters. The van der Waals surface area contributed by atoms with Crippen LogP contribution in [0.25, 0.3) is 0 Å². The zero-order valence-electron chi connectivity index (χ0n) is 14.6. The van der Waals surface area contributed by atoms with Crippen LogP contribution in [0.4, 0.5) is 4.79 Å². The highest BCUT2D eigenvalue weighted by Crippen LogP contribution is 2.42. The van der Waals surface area contributed by atoms with Gasteiger partial charge in [-0.1, -0.05) is 26.8 Å². The second-order valence-corrected chi connectivity index (χ2v) is 8.05. The number of ether oxygens (including phenoxy) is 1. The van der Waals surface area contributed by atoms with Gasteiger partial charge in [0.15, 0.2) is 5.78 Å². The number of amides is 1. The van der Waals surface area contributed by atoms with Crippen LogP contribution in [-0.4, -0.2) is 36.0 Å². The summed E-state index contributed by atoms with van der Waals surface area (Å²) in [5.41, 5.74) is -1.42. The number of hydrogen-bond acceptors (Lipinski definition) is 4. The Morgan fingerprint density at radius 2 is 1.95 bits per heavy atom. The lowest BCUT2D eigenvalue weighted by Gasteiger charge is -2.40. The molecule has 1 aliphatic carbocycles. The number of ketones is 1. The predicted molar refractivity (Wildman–Crippen MR) is 84.1 cm³/mol. The smallest absolute Gasteiger partial charge is 0.410 e. The van der Waals surface area contributed by atoms with Gasteiger partial charge in [-0.3, -0.25) is 4.79 Å². The molecule has 0 aromatic heterocycles. The van der Waals surface area contributed by atoms with Crippen LogP contribution in [0.1, 0.15) is 48.0 Å². The third kappa shape index (κ3) is 4.33. The molecule has 1 aliphatic rings. The maximum atomic E-state index is 12.2. The van der Waals surface area contributed by atoms with E-state index in [1.54, 1.807) is 13.1 Å². The lowest BCUT2D eigenvalue weighted by molar-refractivity contribution is -0.125. The number of carbonyl (C=O) groups excluding carboxylic acids is 2. The Balaban J connectivity index is 2.96. The van der Waals surface area contributed by atoms with E-state index in [2.05, 4.69) is 0 Å². The molecule has 0 saturated carbocycles. The minimum Gasteiger partial charge on any atom is -0.444 e. The first-order valence-electron chi connectivity index (χ1n) is 7.42. The highest BCUT2D eigenvalue weighted by atomic mass is 16.6. The predicted octanol–water partition coefficient (Wildman–Crippen LogP) is 3.31. The molecule has 0 bridgehead atoms. The molecule has 0 spiro atoms. The van der Waals surface area contributed by atoms with Crippen molar-refractivity contribution in [3.63, 3.8) is 0 Å². The number of allylic oxidation sites excluding steroid dienone is 1. The number of hydrogen-bond donors (Lipinski definition) is 0. The molecule has 5 nitrogen and oxygen atoms in total. The molecule has 5 heteroatoms. The minimum absolute atomic E-state index is 0.132. The standard InChI is InChI=1S/C17H26N2O3/c1-15(2,3)22-14(21)19(7)11-17(6)8-12(9-18)13(20)16(4,5)10-17/h8H,10-11H2,1-7H3. The van der Waals surface area contributed by atoms with E-state index >= 15 is 0 Å². The van der Waals surface area contributed by atoms with Gasteiger partial charge in [0.05, 0.1) is 5.57 Å². The maximum absolute atomic E-state index is 12.2. The van der Waals surface area contributed by atoms with Gasteiger partial charge >= 0.3 is 6.09 Å². The molecule has 0 aliphatic heterocycles. The number of rotatable bonds is 2. The second kappa shape index (κ2) is 5.75. The van der Waals surface area contributed by atoms with Gasteiger partial charge in [0.1, 0.15) is 11.7 Å². The van der Waals surface area contributed by atoms with E-state index < -0.39 is 22.5 Å². The second-order valence-electron chi connectivity index (χ2n) is 8.05. The quantitative estimate of drug-likeness (QED) is 0.784. The Morgan fingerprint density at radius 1 is 1.41 bits per heavy atom. The Morgan fingerprint density at radius 3 is 2.41 bits per heavy atom. The zero-order chi connectivity index (χ0) is 17.3. The normalized spacial score (nSPS) is 24.3. The van der Waals surface area contributed by atoms with Crippen molar-refractivity contribution in [3.8, 4) is 6.07 Å². The molecule has 122 valence electrons. The number of nitrogens with zero attached hydrogens (tertiary/aromatic N) is 2. The van der Waals surface area contributed by atoms with Gasteiger partial charge in [-0.05, 0) is 27.2 Å². The zero-order valence-corrected chi connectivity index (χ0v) is 14.6. The molecule has 1 unspecified atom stereocenters. The Labute approximate surface area is 132 Å². The summed E-state index contributed by atoms with van der Waals surface area (Å²) in [6.45, 7) is 11.5. The largest absolute Gasteiger partial charge is 0.444 e. The summed E-state index contributed by atoms with van der Waals surface area (Å²) < 4.78 is 5.35. The SMILES string of the molecule is CN(CC1(C)C=C(C#N)C(=O)C(C)(C)C1)C(=O)OC(C)(C)C. The summed E-state index contributed by atoms with van der Waals surface area (Å²) >= 11 is 0. The Bertz CT molecular complexity index is 549. The van der Waals surface area contributed by atoms with E-state index in [0.717, 1.165) is 0 Å². The van der Waals surface area contributed by atoms with Crippen molar-refractivity contribution >= 4 is 11.9 Å². The van der Waals surface area contributed by atoms with Crippen LogP contribution in [0.15, 0.2) is 11.6 Å². The van der Waals surface area contributed by atoms with Gasteiger partial charge in [0.2, 0.25) is 0 Å². The van der Waals surface area contributed by atoms with Crippen molar-refractivity contribution < 1.29 is 14.3 Å². The van der Waals surface area contributed by atoms with Crippen molar-refractivity contribution in [2.45, 2.75) is 53.6 Å². The summed E-state index contributed by atoms with van der Waals surface area (Å²) in [5.74, 6) is -0.132. The van der Waals surface area contributed by atoms with E-state index in [9.17, 15) is 14.9 Å². The Hall–Kier alpha value is -1.83. The van der Waals surface area contributed by atoms with E-state index in [1.165, 1.54) is 4.90 Å². The first-order valence-corrected chi connectivity index (χ1v) is 7.42. The molecule has 0 radical (unpaired) electrons. The highest BCUT2D eigenvalue weighted by molar-refractivity contribution is 6.03. The summed E-state index contributed by atoms with van der Waals surface area (Å²) in [4.78, 5) is 25.8. The molecule has 0 N–H and O–H groups in total. The molecule has 1 amide bonds. The van der Waals surface area contributed by atoms with Crippen molar-refractivity contribution in [2.75, 3.05) is 13.6 Å². The molecule has 0 aromatic carbocycles. The van der Waals surface area contributed by atoms with Crippen LogP contribution < -0.4 is 0 Å². The topological polar surface area (TPSA) is 70.4 Å². The first-order chi connectivity index (χ1) is 9.80. The van der Waals surface area contributed by atoms with E-state index in [1.807, 2.05) is 47.6 Å². The molecule has 22 heavy (non-hydrogen) atoms. The van der Waals surface area contributed by atoms with Gasteiger partial charge < -0.3 is 9.64 Å². The monoisotopic (exact) mass is 306 g/mol. The average Bonchev–Trinajstić information content (AvgIpc) is 2.30. The lowest BCUT2D eigenvalue weighted by atomic mass is 9.65.